The SMILES string of the molecule is Cc1ccc([C@@H](NC(=O)NC[C@@H]2CCCS2(=O)=O)C(C)(C)C)o1. The lowest BCUT2D eigenvalue weighted by Crippen LogP contribution is -2.45. The summed E-state index contributed by atoms with van der Waals surface area (Å²) in [4.78, 5) is 12.2. The zero-order valence-corrected chi connectivity index (χ0v) is 15.0. The van der Waals surface area contributed by atoms with Crippen molar-refractivity contribution in [1.82, 2.24) is 10.6 Å². The van der Waals surface area contributed by atoms with Crippen LogP contribution < -0.4 is 10.6 Å². The van der Waals surface area contributed by atoms with Crippen molar-refractivity contribution in [3.05, 3.63) is 23.7 Å². The van der Waals surface area contributed by atoms with Crippen molar-refractivity contribution in [1.29, 1.82) is 0 Å². The zero-order valence-electron chi connectivity index (χ0n) is 14.2. The van der Waals surface area contributed by atoms with E-state index in [2.05, 4.69) is 10.6 Å². The van der Waals surface area contributed by atoms with Crippen LogP contribution in [-0.4, -0.2) is 32.0 Å². The van der Waals surface area contributed by atoms with Gasteiger partial charge < -0.3 is 15.1 Å². The van der Waals surface area contributed by atoms with E-state index in [9.17, 15) is 13.2 Å². The number of furan rings is 1. The van der Waals surface area contributed by atoms with E-state index in [-0.39, 0.29) is 29.8 Å². The van der Waals surface area contributed by atoms with E-state index in [4.69, 9.17) is 4.42 Å². The fourth-order valence-electron chi connectivity index (χ4n) is 2.80. The van der Waals surface area contributed by atoms with Gasteiger partial charge in [-0.15, -0.1) is 0 Å². The first-order valence-electron chi connectivity index (χ1n) is 7.92. The Morgan fingerprint density at radius 1 is 1.39 bits per heavy atom. The van der Waals surface area contributed by atoms with Crippen LogP contribution in [0.5, 0.6) is 0 Å². The van der Waals surface area contributed by atoms with Gasteiger partial charge in [0.15, 0.2) is 9.84 Å². The number of urea groups is 1. The number of sulfone groups is 1. The van der Waals surface area contributed by atoms with Gasteiger partial charge in [0.25, 0.3) is 0 Å². The van der Waals surface area contributed by atoms with Gasteiger partial charge >= 0.3 is 6.03 Å². The van der Waals surface area contributed by atoms with Crippen molar-refractivity contribution >= 4 is 15.9 Å². The molecule has 2 atom stereocenters. The molecule has 0 aliphatic carbocycles. The highest BCUT2D eigenvalue weighted by Crippen LogP contribution is 2.33. The third-order valence-electron chi connectivity index (χ3n) is 4.14. The molecule has 2 rings (SSSR count). The Balaban J connectivity index is 1.98. The summed E-state index contributed by atoms with van der Waals surface area (Å²) in [5, 5.41) is 5.12. The van der Waals surface area contributed by atoms with E-state index in [1.807, 2.05) is 39.8 Å². The molecule has 1 fully saturated rings. The lowest BCUT2D eigenvalue weighted by molar-refractivity contribution is 0.206. The van der Waals surface area contributed by atoms with E-state index in [0.29, 0.717) is 18.6 Å². The topological polar surface area (TPSA) is 88.4 Å². The Morgan fingerprint density at radius 3 is 2.57 bits per heavy atom. The molecule has 1 aromatic rings. The summed E-state index contributed by atoms with van der Waals surface area (Å²) in [6.45, 7) is 8.04. The Bertz CT molecular complexity index is 658. The average Bonchev–Trinajstić information content (AvgIpc) is 2.98. The third-order valence-corrected chi connectivity index (χ3v) is 6.42. The molecule has 7 heteroatoms. The molecule has 1 saturated heterocycles. The van der Waals surface area contributed by atoms with Crippen molar-refractivity contribution in [3.8, 4) is 0 Å². The molecule has 0 bridgehead atoms. The number of rotatable bonds is 4. The number of carbonyl (C=O) groups is 1. The number of aryl methyl sites for hydroxylation is 1. The molecule has 0 saturated carbocycles. The van der Waals surface area contributed by atoms with Crippen LogP contribution in [0.3, 0.4) is 0 Å². The fourth-order valence-corrected chi connectivity index (χ4v) is 4.56. The van der Waals surface area contributed by atoms with Crippen molar-refractivity contribution in [2.75, 3.05) is 12.3 Å². The van der Waals surface area contributed by atoms with Crippen LogP contribution in [0.1, 0.15) is 51.2 Å². The summed E-state index contributed by atoms with van der Waals surface area (Å²) >= 11 is 0. The van der Waals surface area contributed by atoms with Crippen LogP contribution in [0, 0.1) is 12.3 Å². The molecule has 0 unspecified atom stereocenters. The summed E-state index contributed by atoms with van der Waals surface area (Å²) in [6.07, 6.45) is 1.29. The van der Waals surface area contributed by atoms with Gasteiger partial charge in [-0.1, -0.05) is 20.8 Å². The maximum Gasteiger partial charge on any atom is 0.315 e. The van der Waals surface area contributed by atoms with Crippen LogP contribution in [0.25, 0.3) is 0 Å². The number of carbonyl (C=O) groups excluding carboxylic acids is 1. The molecule has 1 aliphatic rings. The minimum atomic E-state index is -3.05. The van der Waals surface area contributed by atoms with Crippen LogP contribution in [0.15, 0.2) is 16.5 Å². The number of amides is 2. The van der Waals surface area contributed by atoms with Crippen molar-refractivity contribution in [2.24, 2.45) is 5.41 Å². The second-order valence-electron chi connectivity index (χ2n) is 7.23. The second-order valence-corrected chi connectivity index (χ2v) is 9.63. The van der Waals surface area contributed by atoms with E-state index < -0.39 is 15.1 Å². The summed E-state index contributed by atoms with van der Waals surface area (Å²) in [5.74, 6) is 1.70. The molecule has 23 heavy (non-hydrogen) atoms. The van der Waals surface area contributed by atoms with E-state index in [1.54, 1.807) is 0 Å². The van der Waals surface area contributed by atoms with Crippen LogP contribution in [0.4, 0.5) is 4.79 Å². The maximum atomic E-state index is 12.2. The highest BCUT2D eigenvalue weighted by Gasteiger charge is 2.33. The Labute approximate surface area is 137 Å². The molecule has 130 valence electrons. The highest BCUT2D eigenvalue weighted by atomic mass is 32.2. The Morgan fingerprint density at radius 2 is 2.09 bits per heavy atom. The number of hydrogen-bond donors (Lipinski definition) is 2. The summed E-state index contributed by atoms with van der Waals surface area (Å²) in [5.41, 5.74) is -0.235. The second kappa shape index (κ2) is 6.55. The Hall–Kier alpha value is -1.50. The van der Waals surface area contributed by atoms with Crippen molar-refractivity contribution in [3.63, 3.8) is 0 Å². The van der Waals surface area contributed by atoms with Gasteiger partial charge in [0.2, 0.25) is 0 Å². The van der Waals surface area contributed by atoms with Crippen LogP contribution >= 0.6 is 0 Å². The molecule has 6 nitrogen and oxygen atoms in total. The van der Waals surface area contributed by atoms with Crippen LogP contribution in [0.2, 0.25) is 0 Å². The molecule has 2 N–H and O–H groups in total. The summed E-state index contributed by atoms with van der Waals surface area (Å²) in [6, 6.07) is 3.04. The normalized spacial score (nSPS) is 21.8. The number of hydrogen-bond acceptors (Lipinski definition) is 4. The predicted molar refractivity (Wildman–Crippen MR) is 89.0 cm³/mol. The molecule has 1 aromatic heterocycles. The van der Waals surface area contributed by atoms with Gasteiger partial charge in [-0.3, -0.25) is 0 Å². The summed E-state index contributed by atoms with van der Waals surface area (Å²) < 4.78 is 29.2. The quantitative estimate of drug-likeness (QED) is 0.880. The molecule has 1 aliphatic heterocycles. The molecule has 0 spiro atoms. The van der Waals surface area contributed by atoms with Gasteiger partial charge in [0.1, 0.15) is 11.5 Å². The smallest absolute Gasteiger partial charge is 0.315 e. The summed E-state index contributed by atoms with van der Waals surface area (Å²) in [7, 11) is -3.05. The zero-order chi connectivity index (χ0) is 17.3. The van der Waals surface area contributed by atoms with Crippen LogP contribution in [-0.2, 0) is 9.84 Å². The lowest BCUT2D eigenvalue weighted by atomic mass is 9.85. The lowest BCUT2D eigenvalue weighted by Gasteiger charge is -2.30. The fraction of sp³-hybridized carbons (Fsp3) is 0.688. The van der Waals surface area contributed by atoms with Gasteiger partial charge in [0, 0.05) is 6.54 Å². The minimum Gasteiger partial charge on any atom is -0.464 e. The maximum absolute atomic E-state index is 12.2. The number of nitrogens with one attached hydrogen (secondary N) is 2. The van der Waals surface area contributed by atoms with Gasteiger partial charge in [-0.2, -0.15) is 0 Å². The molecule has 2 heterocycles. The standard InChI is InChI=1S/C16H26N2O4S/c1-11-7-8-13(22-11)14(16(2,3)4)18-15(19)17-10-12-6-5-9-23(12,20)21/h7-8,12,14H,5-6,9-10H2,1-4H3,(H2,17,18,19)/t12-,14+/m0/s1. The van der Waals surface area contributed by atoms with Crippen molar-refractivity contribution in [2.45, 2.75) is 51.8 Å². The van der Waals surface area contributed by atoms with E-state index in [1.165, 1.54) is 0 Å². The van der Waals surface area contributed by atoms with E-state index >= 15 is 0 Å². The first-order valence-corrected chi connectivity index (χ1v) is 9.63. The molecule has 0 aromatic carbocycles. The van der Waals surface area contributed by atoms with Gasteiger partial charge in [0.05, 0.1) is 17.0 Å². The molecular formula is C16H26N2O4S. The minimum absolute atomic E-state index is 0.155. The first-order chi connectivity index (χ1) is 10.6. The van der Waals surface area contributed by atoms with Crippen molar-refractivity contribution < 1.29 is 17.6 Å². The first kappa shape index (κ1) is 17.8. The van der Waals surface area contributed by atoms with Gasteiger partial charge in [-0.05, 0) is 37.3 Å². The average molecular weight is 342 g/mol. The monoisotopic (exact) mass is 342 g/mol. The molecule has 2 amide bonds. The van der Waals surface area contributed by atoms with Gasteiger partial charge in [-0.25, -0.2) is 13.2 Å². The predicted octanol–water partition coefficient (Wildman–Crippen LogP) is 2.55. The largest absolute Gasteiger partial charge is 0.464 e. The Kier molecular flexibility index (Phi) is 5.08. The molecular weight excluding hydrogens is 316 g/mol. The molecule has 0 radical (unpaired) electrons. The third kappa shape index (κ3) is 4.50. The van der Waals surface area contributed by atoms with E-state index in [0.717, 1.165) is 5.76 Å². The highest BCUT2D eigenvalue weighted by molar-refractivity contribution is 7.92.